The van der Waals surface area contributed by atoms with Crippen LogP contribution in [0.2, 0.25) is 0 Å². The summed E-state index contributed by atoms with van der Waals surface area (Å²) in [5.41, 5.74) is 0.723. The quantitative estimate of drug-likeness (QED) is 0.581. The Morgan fingerprint density at radius 1 is 1.17 bits per heavy atom. The largest absolute Gasteiger partial charge is 0.496 e. The van der Waals surface area contributed by atoms with Crippen LogP contribution in [0.15, 0.2) is 45.9 Å². The molecule has 0 atom stereocenters. The summed E-state index contributed by atoms with van der Waals surface area (Å²) in [6, 6.07) is 8.67. The maximum atomic E-state index is 12.9. The molecule has 1 fully saturated rings. The standard InChI is InChI=1S/C22H30N2O5S/c1-28-21-11-10-20(30(26,27)24-14-3-2-4-15-24)17-18(21)9-12-22(25)23-13-5-7-19-8-6-16-29-19/h6,8,10-11,16-17H,2-5,7,9,12-15H2,1H3,(H,23,25). The lowest BCUT2D eigenvalue weighted by molar-refractivity contribution is -0.121. The number of piperidine rings is 1. The van der Waals surface area contributed by atoms with Gasteiger partial charge in [-0.3, -0.25) is 4.79 Å². The predicted molar refractivity (Wildman–Crippen MR) is 114 cm³/mol. The molecule has 8 heteroatoms. The molecule has 1 aromatic carbocycles. The van der Waals surface area contributed by atoms with Crippen molar-refractivity contribution in [3.63, 3.8) is 0 Å². The van der Waals surface area contributed by atoms with Gasteiger partial charge in [0.2, 0.25) is 15.9 Å². The molecule has 1 saturated heterocycles. The zero-order valence-electron chi connectivity index (χ0n) is 17.4. The molecule has 1 aliphatic rings. The summed E-state index contributed by atoms with van der Waals surface area (Å²) in [5, 5.41) is 2.90. The zero-order valence-corrected chi connectivity index (χ0v) is 18.2. The number of methoxy groups -OCH3 is 1. The molecular weight excluding hydrogens is 404 g/mol. The number of carbonyl (C=O) groups is 1. The Bertz CT molecular complexity index is 919. The Balaban J connectivity index is 1.56. The lowest BCUT2D eigenvalue weighted by atomic mass is 10.1. The minimum absolute atomic E-state index is 0.0687. The number of ether oxygens (including phenoxy) is 1. The number of aryl methyl sites for hydroxylation is 2. The van der Waals surface area contributed by atoms with Crippen LogP contribution in [0.1, 0.15) is 43.4 Å². The molecule has 2 heterocycles. The minimum atomic E-state index is -3.52. The fourth-order valence-corrected chi connectivity index (χ4v) is 5.22. The maximum absolute atomic E-state index is 12.9. The zero-order chi connectivity index (χ0) is 21.4. The number of benzene rings is 1. The molecule has 2 aromatic rings. The minimum Gasteiger partial charge on any atom is -0.496 e. The molecule has 1 amide bonds. The van der Waals surface area contributed by atoms with Crippen molar-refractivity contribution in [3.8, 4) is 5.75 Å². The number of furan rings is 1. The highest BCUT2D eigenvalue weighted by Gasteiger charge is 2.26. The number of rotatable bonds is 10. The molecule has 0 unspecified atom stereocenters. The highest BCUT2D eigenvalue weighted by Crippen LogP contribution is 2.27. The van der Waals surface area contributed by atoms with Gasteiger partial charge in [0.25, 0.3) is 0 Å². The number of carbonyl (C=O) groups excluding carboxylic acids is 1. The Morgan fingerprint density at radius 2 is 1.97 bits per heavy atom. The number of sulfonamides is 1. The van der Waals surface area contributed by atoms with Gasteiger partial charge >= 0.3 is 0 Å². The van der Waals surface area contributed by atoms with Crippen LogP contribution in [-0.2, 0) is 27.7 Å². The Kier molecular flexibility index (Phi) is 7.93. The smallest absolute Gasteiger partial charge is 0.243 e. The predicted octanol–water partition coefficient (Wildman–Crippen LogP) is 3.14. The van der Waals surface area contributed by atoms with Gasteiger partial charge in [-0.1, -0.05) is 6.42 Å². The van der Waals surface area contributed by atoms with Crippen molar-refractivity contribution in [1.29, 1.82) is 0 Å². The lowest BCUT2D eigenvalue weighted by Gasteiger charge is -2.26. The van der Waals surface area contributed by atoms with E-state index in [1.807, 2.05) is 12.1 Å². The van der Waals surface area contributed by atoms with E-state index in [1.54, 1.807) is 35.9 Å². The second kappa shape index (κ2) is 10.6. The van der Waals surface area contributed by atoms with Gasteiger partial charge in [-0.25, -0.2) is 8.42 Å². The van der Waals surface area contributed by atoms with Crippen LogP contribution in [0.25, 0.3) is 0 Å². The molecule has 3 rings (SSSR count). The molecule has 1 aliphatic heterocycles. The molecule has 1 aromatic heterocycles. The third-order valence-corrected chi connectivity index (χ3v) is 7.22. The molecule has 30 heavy (non-hydrogen) atoms. The lowest BCUT2D eigenvalue weighted by Crippen LogP contribution is -2.35. The first-order valence-electron chi connectivity index (χ1n) is 10.5. The molecule has 164 valence electrons. The van der Waals surface area contributed by atoms with E-state index in [4.69, 9.17) is 9.15 Å². The average molecular weight is 435 g/mol. The van der Waals surface area contributed by atoms with Crippen molar-refractivity contribution in [1.82, 2.24) is 9.62 Å². The van der Waals surface area contributed by atoms with E-state index in [-0.39, 0.29) is 17.2 Å². The van der Waals surface area contributed by atoms with E-state index in [0.717, 1.165) is 43.4 Å². The number of amides is 1. The van der Waals surface area contributed by atoms with Gasteiger partial charge in [0.05, 0.1) is 18.3 Å². The average Bonchev–Trinajstić information content (AvgIpc) is 3.29. The third kappa shape index (κ3) is 5.86. The SMILES string of the molecule is COc1ccc(S(=O)(=O)N2CCCCC2)cc1CCC(=O)NCCCc1ccco1. The van der Waals surface area contributed by atoms with Crippen LogP contribution in [0.5, 0.6) is 5.75 Å². The van der Waals surface area contributed by atoms with Crippen LogP contribution in [0, 0.1) is 0 Å². The summed E-state index contributed by atoms with van der Waals surface area (Å²) in [5.74, 6) is 1.43. The number of hydrogen-bond donors (Lipinski definition) is 1. The Morgan fingerprint density at radius 3 is 2.67 bits per heavy atom. The summed E-state index contributed by atoms with van der Waals surface area (Å²) >= 11 is 0. The van der Waals surface area contributed by atoms with Crippen molar-refractivity contribution in [3.05, 3.63) is 47.9 Å². The van der Waals surface area contributed by atoms with Crippen LogP contribution < -0.4 is 10.1 Å². The van der Waals surface area contributed by atoms with E-state index in [2.05, 4.69) is 5.32 Å². The molecule has 0 aliphatic carbocycles. The van der Waals surface area contributed by atoms with Gasteiger partial charge < -0.3 is 14.5 Å². The van der Waals surface area contributed by atoms with Gasteiger partial charge in [-0.05, 0) is 61.6 Å². The summed E-state index contributed by atoms with van der Waals surface area (Å²) in [6.45, 7) is 1.69. The van der Waals surface area contributed by atoms with E-state index < -0.39 is 10.0 Å². The first-order valence-corrected chi connectivity index (χ1v) is 11.9. The third-order valence-electron chi connectivity index (χ3n) is 5.33. The molecule has 0 bridgehead atoms. The van der Waals surface area contributed by atoms with Crippen LogP contribution in [-0.4, -0.2) is 45.4 Å². The molecule has 0 radical (unpaired) electrons. The van der Waals surface area contributed by atoms with Gasteiger partial charge in [-0.15, -0.1) is 0 Å². The first kappa shape index (κ1) is 22.4. The number of nitrogens with one attached hydrogen (secondary N) is 1. The van der Waals surface area contributed by atoms with Gasteiger partial charge in [0.15, 0.2) is 0 Å². The summed E-state index contributed by atoms with van der Waals surface area (Å²) < 4.78 is 38.1. The topological polar surface area (TPSA) is 88.9 Å². The van der Waals surface area contributed by atoms with Crippen molar-refractivity contribution >= 4 is 15.9 Å². The molecular formula is C22H30N2O5S. The summed E-state index contributed by atoms with van der Waals surface area (Å²) in [6.07, 6.45) is 6.74. The highest BCUT2D eigenvalue weighted by molar-refractivity contribution is 7.89. The monoisotopic (exact) mass is 434 g/mol. The van der Waals surface area contributed by atoms with Crippen LogP contribution >= 0.6 is 0 Å². The van der Waals surface area contributed by atoms with Crippen molar-refractivity contribution in [2.45, 2.75) is 49.8 Å². The van der Waals surface area contributed by atoms with Crippen molar-refractivity contribution in [2.24, 2.45) is 0 Å². The molecule has 7 nitrogen and oxygen atoms in total. The van der Waals surface area contributed by atoms with E-state index >= 15 is 0 Å². The van der Waals surface area contributed by atoms with Gasteiger partial charge in [0, 0.05) is 32.5 Å². The molecule has 1 N–H and O–H groups in total. The Hall–Kier alpha value is -2.32. The number of nitrogens with zero attached hydrogens (tertiary/aromatic N) is 1. The molecule has 0 saturated carbocycles. The maximum Gasteiger partial charge on any atom is 0.243 e. The fraction of sp³-hybridized carbons (Fsp3) is 0.500. The summed E-state index contributed by atoms with van der Waals surface area (Å²) in [4.78, 5) is 12.5. The fourth-order valence-electron chi connectivity index (χ4n) is 3.65. The number of hydrogen-bond acceptors (Lipinski definition) is 5. The van der Waals surface area contributed by atoms with Gasteiger partial charge in [0.1, 0.15) is 11.5 Å². The van der Waals surface area contributed by atoms with E-state index in [9.17, 15) is 13.2 Å². The molecule has 0 spiro atoms. The Labute approximate surface area is 178 Å². The van der Waals surface area contributed by atoms with E-state index in [1.165, 1.54) is 0 Å². The normalized spacial score (nSPS) is 15.1. The second-order valence-corrected chi connectivity index (χ2v) is 9.41. The second-order valence-electron chi connectivity index (χ2n) is 7.47. The highest BCUT2D eigenvalue weighted by atomic mass is 32.2. The van der Waals surface area contributed by atoms with E-state index in [0.29, 0.717) is 31.8 Å². The van der Waals surface area contributed by atoms with Crippen molar-refractivity contribution < 1.29 is 22.4 Å². The van der Waals surface area contributed by atoms with Crippen LogP contribution in [0.3, 0.4) is 0 Å². The van der Waals surface area contributed by atoms with Gasteiger partial charge in [-0.2, -0.15) is 4.31 Å². The first-order chi connectivity index (χ1) is 14.5. The summed E-state index contributed by atoms with van der Waals surface area (Å²) in [7, 11) is -1.97. The van der Waals surface area contributed by atoms with Crippen molar-refractivity contribution in [2.75, 3.05) is 26.7 Å². The van der Waals surface area contributed by atoms with Crippen LogP contribution in [0.4, 0.5) is 0 Å².